The van der Waals surface area contributed by atoms with E-state index in [1.807, 2.05) is 19.0 Å². The predicted molar refractivity (Wildman–Crippen MR) is 300 cm³/mol. The van der Waals surface area contributed by atoms with E-state index in [0.717, 1.165) is 25.7 Å². The van der Waals surface area contributed by atoms with Crippen molar-refractivity contribution >= 4 is 122 Å². The first-order valence-electron chi connectivity index (χ1n) is 28.5. The molecule has 18 rings (SSSR count). The van der Waals surface area contributed by atoms with E-state index in [-0.39, 0.29) is 19.8 Å². The van der Waals surface area contributed by atoms with Gasteiger partial charge < -0.3 is 56.8 Å². The van der Waals surface area contributed by atoms with Crippen LogP contribution in [0.2, 0.25) is 0 Å². The van der Waals surface area contributed by atoms with Crippen LogP contribution in [0.4, 0.5) is 0 Å². The molecule has 8 unspecified atom stereocenters. The molecule has 9 aliphatic rings. The first-order valence-corrected chi connectivity index (χ1v) is 28.5. The lowest BCUT2D eigenvalue weighted by Crippen LogP contribution is -2.74. The topological polar surface area (TPSA) is 203 Å². The number of aromatic nitrogens is 1. The number of likely N-dealkylation sites (N-methyl/N-ethyl adjacent to an activating group) is 1. The van der Waals surface area contributed by atoms with E-state index in [1.54, 1.807) is 0 Å². The first-order chi connectivity index (χ1) is 39.2. The number of carbonyl (C=O) groups excluding carboxylic acids is 6. The van der Waals surface area contributed by atoms with Crippen LogP contribution in [-0.2, 0) is 108 Å². The van der Waals surface area contributed by atoms with Gasteiger partial charge >= 0.3 is 35.8 Å². The Labute approximate surface area is 469 Å². The van der Waals surface area contributed by atoms with Crippen LogP contribution < -0.4 is 0 Å². The molecule has 424 valence electrons. The van der Waals surface area contributed by atoms with E-state index in [2.05, 4.69) is 41.0 Å². The Balaban J connectivity index is 0.000000188. The van der Waals surface area contributed by atoms with Crippen molar-refractivity contribution in [3.8, 4) is 0 Å². The maximum Gasteiger partial charge on any atom is 0.303 e. The molecule has 2 saturated carbocycles. The number of pyridine rings is 1. The second-order valence-corrected chi connectivity index (χ2v) is 24.3. The van der Waals surface area contributed by atoms with Crippen molar-refractivity contribution in [2.45, 2.75) is 147 Å². The minimum Gasteiger partial charge on any atom is -0.454 e. The molecule has 8 atom stereocenters. The SMILES string of the molecule is CC(=O)OC1C(OC(C)=O)C2(OCCN(C)C)CCC1(OC(C)=O)CO2.CC(=O)OC1C(OC(C)=O)C2(OCCn3c4c5cc6c7c8c(cc9ccc%10cc%11c%12c%13c(cc(c3c%13c(c3c8c9c%10c%123)c74)CC5)C%11)C6)CCC1(OC(C)=O)CO2. The monoisotopic (exact) mass is 1110 g/mol. The minimum absolute atomic E-state index is 0.00967. The Bertz CT molecular complexity index is 4080. The molecule has 5 aliphatic heterocycles. The van der Waals surface area contributed by atoms with E-state index >= 15 is 0 Å². The number of ether oxygens (including phenoxy) is 10. The fraction of sp³-hybridized carbons (Fsp3) is 0.469. The van der Waals surface area contributed by atoms with Crippen molar-refractivity contribution in [1.29, 1.82) is 0 Å². The number of benzene rings is 7. The van der Waals surface area contributed by atoms with Crippen molar-refractivity contribution in [3.05, 3.63) is 69.8 Å². The Hall–Kier alpha value is -7.22. The number of rotatable bonds is 14. The lowest BCUT2D eigenvalue weighted by Gasteiger charge is -2.57. The second-order valence-electron chi connectivity index (χ2n) is 24.3. The summed E-state index contributed by atoms with van der Waals surface area (Å²) in [6.45, 7) is 9.36. The number of hydrogen-bond acceptors (Lipinski definition) is 17. The van der Waals surface area contributed by atoms with Crippen molar-refractivity contribution < 1.29 is 76.1 Å². The van der Waals surface area contributed by atoms with Crippen LogP contribution >= 0.6 is 0 Å². The van der Waals surface area contributed by atoms with Gasteiger partial charge in [0.2, 0.25) is 11.6 Å². The zero-order chi connectivity index (χ0) is 56.8. The normalized spacial score (nSPS) is 27.3. The van der Waals surface area contributed by atoms with E-state index in [1.165, 1.54) is 161 Å². The Morgan fingerprint density at radius 3 is 1.27 bits per heavy atom. The smallest absolute Gasteiger partial charge is 0.303 e. The number of carbonyl (C=O) groups is 6. The molecule has 82 heavy (non-hydrogen) atoms. The van der Waals surface area contributed by atoms with Crippen LogP contribution in [0.1, 0.15) is 101 Å². The zero-order valence-corrected chi connectivity index (χ0v) is 47.1. The number of fused-ring (bicyclic) bond motifs is 6. The van der Waals surface area contributed by atoms with Gasteiger partial charge in [-0.1, -0.05) is 36.4 Å². The highest BCUT2D eigenvalue weighted by molar-refractivity contribution is 6.55. The molecule has 18 nitrogen and oxygen atoms in total. The molecule has 4 aliphatic carbocycles. The first kappa shape index (κ1) is 51.6. The summed E-state index contributed by atoms with van der Waals surface area (Å²) in [5.74, 6) is -6.00. The molecule has 6 heterocycles. The third kappa shape index (κ3) is 7.04. The van der Waals surface area contributed by atoms with Gasteiger partial charge in [0.05, 0.1) is 37.5 Å². The molecule has 6 bridgehead atoms. The molecular formula is C64H62N2O16. The quantitative estimate of drug-likeness (QED) is 0.0435. The number of aryl methyl sites for hydroxylation is 2. The Morgan fingerprint density at radius 2 is 0.866 bits per heavy atom. The van der Waals surface area contributed by atoms with Gasteiger partial charge in [0.15, 0.2) is 35.6 Å². The van der Waals surface area contributed by atoms with Crippen LogP contribution in [-0.4, -0.2) is 140 Å². The van der Waals surface area contributed by atoms with Crippen LogP contribution in [0.25, 0.3) is 86.4 Å². The molecule has 0 N–H and O–H groups in total. The molecule has 0 amide bonds. The summed E-state index contributed by atoms with van der Waals surface area (Å²) in [6.07, 6.45) is 0.874. The second kappa shape index (κ2) is 17.7. The summed E-state index contributed by atoms with van der Waals surface area (Å²) >= 11 is 0. The number of esters is 6. The van der Waals surface area contributed by atoms with Crippen molar-refractivity contribution in [2.75, 3.05) is 47.1 Å². The molecule has 0 radical (unpaired) electrons. The highest BCUT2D eigenvalue weighted by Crippen LogP contribution is 2.61. The highest BCUT2D eigenvalue weighted by atomic mass is 16.8. The number of nitrogens with zero attached hydrogens (tertiary/aromatic N) is 2. The fourth-order valence-electron chi connectivity index (χ4n) is 16.3. The molecule has 9 aromatic rings. The largest absolute Gasteiger partial charge is 0.454 e. The van der Waals surface area contributed by atoms with Gasteiger partial charge in [0, 0.05) is 89.0 Å². The standard InChI is InChI=1S/C47H35NO8.C17H27NO8/c1-19(49)54-44-45(55-20(2)50)47(9-8-46(44,18-53-47)56-21(3)51)52-11-10-48-42-24-6-7-25-15-29-17-27-13-23-5-4-22-12-26-16-28(14-24)34-32(26)36-30(22)31(23)37-33(27)35(29)41(43(25)48)39(38(36)37)40(34)42;1-11(19)24-14-15(25-12(2)20)17(22-9-8-18(4)5)7-6-16(14,10-23-17)26-13(3)21/h4-5,12-15,44-45H,6-11,16-18H2,1-3H3;14-15H,6-10H2,1-5H3. The summed E-state index contributed by atoms with van der Waals surface area (Å²) in [6, 6.07) is 14.6. The van der Waals surface area contributed by atoms with Crippen LogP contribution in [0.3, 0.4) is 0 Å². The molecule has 0 spiro atoms. The average molecular weight is 1120 g/mol. The molecule has 8 aromatic carbocycles. The van der Waals surface area contributed by atoms with Gasteiger partial charge in [-0.05, 0) is 140 Å². The third-order valence-electron chi connectivity index (χ3n) is 19.0. The molecule has 18 heteroatoms. The van der Waals surface area contributed by atoms with Gasteiger partial charge in [-0.3, -0.25) is 28.8 Å². The maximum absolute atomic E-state index is 12.6. The summed E-state index contributed by atoms with van der Waals surface area (Å²) in [5, 5.41) is 19.9. The van der Waals surface area contributed by atoms with E-state index in [4.69, 9.17) is 47.4 Å². The van der Waals surface area contributed by atoms with Gasteiger partial charge in [0.25, 0.3) is 0 Å². The van der Waals surface area contributed by atoms with Crippen molar-refractivity contribution in [3.63, 3.8) is 0 Å². The number of hydrogen-bond donors (Lipinski definition) is 0. The average Bonchev–Trinajstić information content (AvgIpc) is 1.70. The van der Waals surface area contributed by atoms with Crippen molar-refractivity contribution in [2.24, 2.45) is 0 Å². The van der Waals surface area contributed by atoms with E-state index < -0.39 is 83.0 Å². The summed E-state index contributed by atoms with van der Waals surface area (Å²) in [7, 11) is 3.81. The Kier molecular flexibility index (Phi) is 11.1. The van der Waals surface area contributed by atoms with E-state index in [9.17, 15) is 28.8 Å². The van der Waals surface area contributed by atoms with Crippen LogP contribution in [0.5, 0.6) is 0 Å². The highest BCUT2D eigenvalue weighted by Gasteiger charge is 2.70. The summed E-state index contributed by atoms with van der Waals surface area (Å²) in [5.41, 5.74) is 8.58. The van der Waals surface area contributed by atoms with Crippen LogP contribution in [0, 0.1) is 0 Å². The lowest BCUT2D eigenvalue weighted by molar-refractivity contribution is -0.390. The summed E-state index contributed by atoms with van der Waals surface area (Å²) in [4.78, 5) is 74.3. The molecule has 4 saturated heterocycles. The lowest BCUT2D eigenvalue weighted by atomic mass is 9.73. The molecule has 6 fully saturated rings. The predicted octanol–water partition coefficient (Wildman–Crippen LogP) is 8.32. The van der Waals surface area contributed by atoms with Crippen molar-refractivity contribution in [1.82, 2.24) is 9.47 Å². The zero-order valence-electron chi connectivity index (χ0n) is 47.1. The maximum atomic E-state index is 12.6. The third-order valence-corrected chi connectivity index (χ3v) is 19.0. The van der Waals surface area contributed by atoms with Gasteiger partial charge in [-0.2, -0.15) is 0 Å². The fourth-order valence-corrected chi connectivity index (χ4v) is 16.3. The molecular weight excluding hydrogens is 1050 g/mol. The Morgan fingerprint density at radius 1 is 0.476 bits per heavy atom. The van der Waals surface area contributed by atoms with Crippen LogP contribution in [0.15, 0.2) is 36.4 Å². The van der Waals surface area contributed by atoms with E-state index in [0.29, 0.717) is 45.4 Å². The van der Waals surface area contributed by atoms with Gasteiger partial charge in [-0.15, -0.1) is 0 Å². The summed E-state index contributed by atoms with van der Waals surface area (Å²) < 4.78 is 61.5. The molecule has 1 aromatic heterocycles. The van der Waals surface area contributed by atoms with Gasteiger partial charge in [0.1, 0.15) is 0 Å². The minimum atomic E-state index is -1.39. The van der Waals surface area contributed by atoms with Gasteiger partial charge in [-0.25, -0.2) is 0 Å².